The van der Waals surface area contributed by atoms with Crippen LogP contribution in [-0.4, -0.2) is 20.7 Å². The van der Waals surface area contributed by atoms with Crippen LogP contribution in [0.25, 0.3) is 10.9 Å². The summed E-state index contributed by atoms with van der Waals surface area (Å²) in [6.07, 6.45) is 1.68. The molecule has 2 N–H and O–H groups in total. The number of aromatic amines is 1. The van der Waals surface area contributed by atoms with Gasteiger partial charge in [-0.2, -0.15) is 5.10 Å². The maximum absolute atomic E-state index is 12.6. The van der Waals surface area contributed by atoms with E-state index in [0.717, 1.165) is 20.9 Å². The number of benzene rings is 2. The molecule has 0 radical (unpaired) electrons. The average molecular weight is 395 g/mol. The number of anilines is 1. The quantitative estimate of drug-likeness (QED) is 0.537. The van der Waals surface area contributed by atoms with Crippen LogP contribution in [0, 0.1) is 0 Å². The lowest BCUT2D eigenvalue weighted by atomic mass is 10.2. The second-order valence-corrected chi connectivity index (χ2v) is 6.64. The van der Waals surface area contributed by atoms with E-state index in [1.807, 2.05) is 54.6 Å². The van der Waals surface area contributed by atoms with Gasteiger partial charge in [-0.1, -0.05) is 52.3 Å². The first kappa shape index (κ1) is 15.7. The number of nitrogens with one attached hydrogen (secondary N) is 2. The molecule has 2 aromatic heterocycles. The van der Waals surface area contributed by atoms with Crippen LogP contribution in [0.15, 0.2) is 71.3 Å². The lowest BCUT2D eigenvalue weighted by molar-refractivity contribution is 0.102. The van der Waals surface area contributed by atoms with Gasteiger partial charge in [0.25, 0.3) is 5.91 Å². The van der Waals surface area contributed by atoms with Crippen molar-refractivity contribution in [2.45, 2.75) is 6.54 Å². The van der Waals surface area contributed by atoms with Crippen LogP contribution in [0.3, 0.4) is 0 Å². The Labute approximate surface area is 152 Å². The summed E-state index contributed by atoms with van der Waals surface area (Å²) in [5.74, 6) is 0.468. The van der Waals surface area contributed by atoms with E-state index < -0.39 is 0 Å². The highest BCUT2D eigenvalue weighted by atomic mass is 79.9. The Morgan fingerprint density at radius 1 is 1.12 bits per heavy atom. The Hall–Kier alpha value is -2.86. The number of halogens is 1. The van der Waals surface area contributed by atoms with Gasteiger partial charge in [-0.05, 0) is 23.8 Å². The summed E-state index contributed by atoms with van der Waals surface area (Å²) >= 11 is 3.44. The fraction of sp³-hybridized carbons (Fsp3) is 0.0526. The fourth-order valence-electron chi connectivity index (χ4n) is 2.73. The highest BCUT2D eigenvalue weighted by Crippen LogP contribution is 2.21. The number of carbonyl (C=O) groups is 1. The second-order valence-electron chi connectivity index (χ2n) is 5.73. The maximum atomic E-state index is 12.6. The predicted octanol–water partition coefficient (Wildman–Crippen LogP) is 4.43. The molecular weight excluding hydrogens is 380 g/mol. The van der Waals surface area contributed by atoms with Crippen molar-refractivity contribution in [1.29, 1.82) is 0 Å². The van der Waals surface area contributed by atoms with E-state index in [-0.39, 0.29) is 5.91 Å². The molecule has 4 rings (SSSR count). The summed E-state index contributed by atoms with van der Waals surface area (Å²) in [4.78, 5) is 15.7. The fourth-order valence-corrected chi connectivity index (χ4v) is 3.09. The van der Waals surface area contributed by atoms with Crippen LogP contribution in [0.1, 0.15) is 16.1 Å². The number of fused-ring (bicyclic) bond motifs is 1. The first-order valence-corrected chi connectivity index (χ1v) is 8.64. The third-order valence-electron chi connectivity index (χ3n) is 3.96. The van der Waals surface area contributed by atoms with Gasteiger partial charge in [0.05, 0.1) is 12.7 Å². The molecule has 4 aromatic rings. The SMILES string of the molecule is O=C(Nc1ccnn1Cc1ccccc1)c1cc2ccc(Br)cc2[nH]1. The highest BCUT2D eigenvalue weighted by molar-refractivity contribution is 9.10. The van der Waals surface area contributed by atoms with Gasteiger partial charge in [-0.15, -0.1) is 0 Å². The first-order valence-electron chi connectivity index (χ1n) is 7.84. The molecular formula is C19H15BrN4O. The zero-order valence-electron chi connectivity index (χ0n) is 13.2. The number of carbonyl (C=O) groups excluding carboxylic acids is 1. The van der Waals surface area contributed by atoms with E-state index in [1.165, 1.54) is 0 Å². The van der Waals surface area contributed by atoms with Crippen molar-refractivity contribution in [1.82, 2.24) is 14.8 Å². The molecule has 1 amide bonds. The minimum atomic E-state index is -0.192. The van der Waals surface area contributed by atoms with E-state index in [9.17, 15) is 4.79 Å². The van der Waals surface area contributed by atoms with Crippen LogP contribution in [-0.2, 0) is 6.54 Å². The maximum Gasteiger partial charge on any atom is 0.273 e. The standard InChI is InChI=1S/C19H15BrN4O/c20-15-7-6-14-10-17(22-16(14)11-15)19(25)23-18-8-9-21-24(18)12-13-4-2-1-3-5-13/h1-11,22H,12H2,(H,23,25). The Morgan fingerprint density at radius 2 is 1.96 bits per heavy atom. The number of hydrogen-bond donors (Lipinski definition) is 2. The van der Waals surface area contributed by atoms with Crippen molar-refractivity contribution in [2.24, 2.45) is 0 Å². The van der Waals surface area contributed by atoms with Crippen LogP contribution in [0.5, 0.6) is 0 Å². The summed E-state index contributed by atoms with van der Waals surface area (Å²) < 4.78 is 2.74. The van der Waals surface area contributed by atoms with Gasteiger partial charge in [0, 0.05) is 21.4 Å². The molecule has 0 spiro atoms. The molecule has 2 heterocycles. The Balaban J connectivity index is 1.55. The second kappa shape index (κ2) is 6.57. The van der Waals surface area contributed by atoms with Gasteiger partial charge in [0.1, 0.15) is 11.5 Å². The Kier molecular flexibility index (Phi) is 4.11. The van der Waals surface area contributed by atoms with Crippen molar-refractivity contribution < 1.29 is 4.79 Å². The third-order valence-corrected chi connectivity index (χ3v) is 4.46. The third kappa shape index (κ3) is 3.34. The van der Waals surface area contributed by atoms with E-state index in [2.05, 4.69) is 31.3 Å². The number of rotatable bonds is 4. The van der Waals surface area contributed by atoms with Crippen LogP contribution >= 0.6 is 15.9 Å². The Bertz CT molecular complexity index is 1040. The lowest BCUT2D eigenvalue weighted by Crippen LogP contribution is -2.16. The predicted molar refractivity (Wildman–Crippen MR) is 102 cm³/mol. The van der Waals surface area contributed by atoms with Gasteiger partial charge in [-0.25, -0.2) is 4.68 Å². The molecule has 0 saturated carbocycles. The van der Waals surface area contributed by atoms with Crippen molar-refractivity contribution in [2.75, 3.05) is 5.32 Å². The zero-order chi connectivity index (χ0) is 17.2. The molecule has 0 aliphatic carbocycles. The number of amides is 1. The molecule has 0 unspecified atom stereocenters. The molecule has 5 nitrogen and oxygen atoms in total. The van der Waals surface area contributed by atoms with Gasteiger partial charge in [-0.3, -0.25) is 4.79 Å². The van der Waals surface area contributed by atoms with Crippen molar-refractivity contribution >= 4 is 38.6 Å². The summed E-state index contributed by atoms with van der Waals surface area (Å²) in [6.45, 7) is 0.600. The van der Waals surface area contributed by atoms with Crippen LogP contribution in [0.4, 0.5) is 5.82 Å². The first-order chi connectivity index (χ1) is 12.2. The van der Waals surface area contributed by atoms with E-state index in [1.54, 1.807) is 16.9 Å². The minimum Gasteiger partial charge on any atom is -0.350 e. The molecule has 6 heteroatoms. The molecule has 0 aliphatic rings. The molecule has 0 bridgehead atoms. The van der Waals surface area contributed by atoms with Gasteiger partial charge >= 0.3 is 0 Å². The number of nitrogens with zero attached hydrogens (tertiary/aromatic N) is 2. The van der Waals surface area contributed by atoms with E-state index >= 15 is 0 Å². The molecule has 2 aromatic carbocycles. The molecule has 0 aliphatic heterocycles. The van der Waals surface area contributed by atoms with Gasteiger partial charge in [0.2, 0.25) is 0 Å². The van der Waals surface area contributed by atoms with E-state index in [0.29, 0.717) is 18.1 Å². The van der Waals surface area contributed by atoms with E-state index in [4.69, 9.17) is 0 Å². The van der Waals surface area contributed by atoms with Gasteiger partial charge in [0.15, 0.2) is 0 Å². The largest absolute Gasteiger partial charge is 0.350 e. The minimum absolute atomic E-state index is 0.192. The smallest absolute Gasteiger partial charge is 0.273 e. The normalized spacial score (nSPS) is 10.9. The zero-order valence-corrected chi connectivity index (χ0v) is 14.8. The number of H-pyrrole nitrogens is 1. The summed E-state index contributed by atoms with van der Waals surface area (Å²) in [5.41, 5.74) is 2.55. The van der Waals surface area contributed by atoms with Crippen LogP contribution < -0.4 is 5.32 Å². The van der Waals surface area contributed by atoms with Crippen molar-refractivity contribution in [3.05, 3.63) is 82.6 Å². The summed E-state index contributed by atoms with van der Waals surface area (Å²) in [7, 11) is 0. The molecule has 25 heavy (non-hydrogen) atoms. The number of hydrogen-bond acceptors (Lipinski definition) is 2. The molecule has 124 valence electrons. The number of aromatic nitrogens is 3. The average Bonchev–Trinajstić information content (AvgIpc) is 3.22. The molecule has 0 saturated heterocycles. The molecule has 0 fully saturated rings. The molecule has 0 atom stereocenters. The summed E-state index contributed by atoms with van der Waals surface area (Å²) in [6, 6.07) is 19.5. The van der Waals surface area contributed by atoms with Gasteiger partial charge < -0.3 is 10.3 Å². The van der Waals surface area contributed by atoms with Crippen molar-refractivity contribution in [3.63, 3.8) is 0 Å². The Morgan fingerprint density at radius 3 is 2.80 bits per heavy atom. The topological polar surface area (TPSA) is 62.7 Å². The highest BCUT2D eigenvalue weighted by Gasteiger charge is 2.12. The lowest BCUT2D eigenvalue weighted by Gasteiger charge is -2.08. The van der Waals surface area contributed by atoms with Crippen molar-refractivity contribution in [3.8, 4) is 0 Å². The monoisotopic (exact) mass is 394 g/mol. The summed E-state index contributed by atoms with van der Waals surface area (Å²) in [5, 5.41) is 8.21. The van der Waals surface area contributed by atoms with Crippen LogP contribution in [0.2, 0.25) is 0 Å².